The first-order valence-corrected chi connectivity index (χ1v) is 9.05. The third-order valence-electron chi connectivity index (χ3n) is 4.57. The van der Waals surface area contributed by atoms with Crippen LogP contribution in [-0.2, 0) is 0 Å². The molecule has 2 heterocycles. The van der Waals surface area contributed by atoms with Gasteiger partial charge in [0.25, 0.3) is 0 Å². The van der Waals surface area contributed by atoms with E-state index in [1.165, 1.54) is 36.4 Å². The fourth-order valence-electron chi connectivity index (χ4n) is 3.04. The van der Waals surface area contributed by atoms with Crippen molar-refractivity contribution in [3.63, 3.8) is 0 Å². The highest BCUT2D eigenvalue weighted by Crippen LogP contribution is 2.25. The van der Waals surface area contributed by atoms with Crippen LogP contribution >= 0.6 is 12.2 Å². The van der Waals surface area contributed by atoms with Crippen LogP contribution in [0, 0.1) is 5.82 Å². The van der Waals surface area contributed by atoms with E-state index >= 15 is 0 Å². The number of aromatic nitrogens is 2. The second-order valence-corrected chi connectivity index (χ2v) is 6.76. The van der Waals surface area contributed by atoms with Crippen LogP contribution in [0.3, 0.4) is 0 Å². The zero-order valence-electron chi connectivity index (χ0n) is 15.2. The summed E-state index contributed by atoms with van der Waals surface area (Å²) in [5, 5.41) is 12.2. The summed E-state index contributed by atoms with van der Waals surface area (Å²) >= 11 is 5.44. The van der Waals surface area contributed by atoms with E-state index in [0.717, 1.165) is 0 Å². The fourth-order valence-corrected chi connectivity index (χ4v) is 3.36. The Balaban J connectivity index is 1.73. The van der Waals surface area contributed by atoms with E-state index in [0.29, 0.717) is 48.8 Å². The van der Waals surface area contributed by atoms with Crippen molar-refractivity contribution >= 4 is 34.9 Å². The van der Waals surface area contributed by atoms with Gasteiger partial charge in [-0.2, -0.15) is 4.98 Å². The summed E-state index contributed by atoms with van der Waals surface area (Å²) in [4.78, 5) is 21.1. The summed E-state index contributed by atoms with van der Waals surface area (Å²) in [5.74, 6) is 0.489. The van der Waals surface area contributed by atoms with Crippen molar-refractivity contribution in [3.05, 3.63) is 41.3 Å². The van der Waals surface area contributed by atoms with E-state index in [1.54, 1.807) is 0 Å². The molecular formula is C18H20FN5O3S. The Hall–Kier alpha value is -3.01. The first kappa shape index (κ1) is 19.7. The number of anilines is 2. The Morgan fingerprint density at radius 1 is 1.39 bits per heavy atom. The molecule has 1 aliphatic rings. The standard InChI is InChI=1S/C18H20FN5O3S/c1-27-14-3-2-10(19)8-12(14)15(28)13-9-21-17(23-16(13)20)22-11-4-6-24(7-5-11)18(25)26/h2-3,8-9,11H,4-7H2,1H3,(H,25,26)(H3,20,21,22,23). The molecule has 1 amide bonds. The van der Waals surface area contributed by atoms with Crippen LogP contribution in [0.25, 0.3) is 0 Å². The van der Waals surface area contributed by atoms with Crippen LogP contribution in [0.5, 0.6) is 5.75 Å². The Bertz CT molecular complexity index is 903. The molecule has 3 rings (SSSR count). The molecule has 10 heteroatoms. The van der Waals surface area contributed by atoms with Crippen molar-refractivity contribution < 1.29 is 19.0 Å². The number of rotatable bonds is 5. The maximum Gasteiger partial charge on any atom is 0.407 e. The van der Waals surface area contributed by atoms with Crippen LogP contribution in [0.15, 0.2) is 24.4 Å². The van der Waals surface area contributed by atoms with Crippen molar-refractivity contribution in [3.8, 4) is 5.75 Å². The minimum absolute atomic E-state index is 0.0520. The van der Waals surface area contributed by atoms with Crippen LogP contribution in [0.2, 0.25) is 0 Å². The molecule has 0 unspecified atom stereocenters. The van der Waals surface area contributed by atoms with Crippen molar-refractivity contribution in [1.29, 1.82) is 0 Å². The van der Waals surface area contributed by atoms with Gasteiger partial charge in [0.15, 0.2) is 0 Å². The molecule has 1 aromatic carbocycles. The second-order valence-electron chi connectivity index (χ2n) is 6.35. The third kappa shape index (κ3) is 4.28. The molecular weight excluding hydrogens is 385 g/mol. The summed E-state index contributed by atoms with van der Waals surface area (Å²) in [6.45, 7) is 0.897. The number of likely N-dealkylation sites (tertiary alicyclic amines) is 1. The van der Waals surface area contributed by atoms with E-state index in [9.17, 15) is 9.18 Å². The van der Waals surface area contributed by atoms with Gasteiger partial charge in [0.05, 0.1) is 17.5 Å². The first-order chi connectivity index (χ1) is 13.4. The molecule has 1 aromatic heterocycles. The SMILES string of the molecule is COc1ccc(F)cc1C(=S)c1cnc(NC2CCN(C(=O)O)CC2)nc1N. The number of nitrogens with zero attached hydrogens (tertiary/aromatic N) is 3. The number of carboxylic acid groups (broad SMARTS) is 1. The molecule has 0 bridgehead atoms. The van der Waals surface area contributed by atoms with Crippen LogP contribution in [-0.4, -0.2) is 57.2 Å². The first-order valence-electron chi connectivity index (χ1n) is 8.64. The molecule has 1 saturated heterocycles. The highest BCUT2D eigenvalue weighted by atomic mass is 32.1. The summed E-state index contributed by atoms with van der Waals surface area (Å²) in [7, 11) is 1.47. The zero-order chi connectivity index (χ0) is 20.3. The summed E-state index contributed by atoms with van der Waals surface area (Å²) in [6, 6.07) is 4.11. The van der Waals surface area contributed by atoms with Gasteiger partial charge in [0.1, 0.15) is 17.4 Å². The van der Waals surface area contributed by atoms with Crippen LogP contribution < -0.4 is 15.8 Å². The largest absolute Gasteiger partial charge is 0.496 e. The lowest BCUT2D eigenvalue weighted by atomic mass is 10.0. The number of nitrogens with two attached hydrogens (primary N) is 1. The third-order valence-corrected chi connectivity index (χ3v) is 5.01. The quantitative estimate of drug-likeness (QED) is 0.514. The van der Waals surface area contributed by atoms with Gasteiger partial charge in [0.2, 0.25) is 5.95 Å². The molecule has 148 valence electrons. The lowest BCUT2D eigenvalue weighted by Gasteiger charge is -2.30. The number of hydrogen-bond acceptors (Lipinski definition) is 7. The van der Waals surface area contributed by atoms with Gasteiger partial charge in [-0.3, -0.25) is 0 Å². The minimum atomic E-state index is -0.912. The van der Waals surface area contributed by atoms with Gasteiger partial charge in [0, 0.05) is 30.9 Å². The Kier molecular flexibility index (Phi) is 5.88. The minimum Gasteiger partial charge on any atom is -0.496 e. The smallest absolute Gasteiger partial charge is 0.407 e. The number of methoxy groups -OCH3 is 1. The number of amides is 1. The number of carbonyl (C=O) groups is 1. The van der Waals surface area contributed by atoms with Crippen molar-refractivity contribution in [1.82, 2.24) is 14.9 Å². The molecule has 1 aliphatic heterocycles. The lowest BCUT2D eigenvalue weighted by Crippen LogP contribution is -2.41. The number of hydrogen-bond donors (Lipinski definition) is 3. The molecule has 0 saturated carbocycles. The number of ether oxygens (including phenoxy) is 1. The Morgan fingerprint density at radius 3 is 2.71 bits per heavy atom. The van der Waals surface area contributed by atoms with E-state index in [2.05, 4.69) is 15.3 Å². The van der Waals surface area contributed by atoms with Gasteiger partial charge < -0.3 is 25.8 Å². The van der Waals surface area contributed by atoms with E-state index in [4.69, 9.17) is 27.8 Å². The number of thiocarbonyl (C=S) groups is 1. The summed E-state index contributed by atoms with van der Waals surface area (Å²) in [6.07, 6.45) is 1.88. The maximum atomic E-state index is 13.6. The number of benzene rings is 1. The van der Waals surface area contributed by atoms with E-state index < -0.39 is 11.9 Å². The number of piperidine rings is 1. The molecule has 28 heavy (non-hydrogen) atoms. The second kappa shape index (κ2) is 8.34. The molecule has 0 aliphatic carbocycles. The number of nitrogen functional groups attached to an aromatic ring is 1. The van der Waals surface area contributed by atoms with E-state index in [-0.39, 0.29) is 16.7 Å². The number of halogens is 1. The van der Waals surface area contributed by atoms with Crippen LogP contribution in [0.4, 0.5) is 21.0 Å². The summed E-state index contributed by atoms with van der Waals surface area (Å²) in [5.41, 5.74) is 6.86. The van der Waals surface area contributed by atoms with Gasteiger partial charge >= 0.3 is 6.09 Å². The maximum absolute atomic E-state index is 13.6. The van der Waals surface area contributed by atoms with Gasteiger partial charge in [-0.15, -0.1) is 0 Å². The molecule has 2 aromatic rings. The average Bonchev–Trinajstić information content (AvgIpc) is 2.68. The topological polar surface area (TPSA) is 114 Å². The summed E-state index contributed by atoms with van der Waals surface area (Å²) < 4.78 is 18.9. The normalized spacial score (nSPS) is 14.6. The molecule has 0 spiro atoms. The predicted molar refractivity (Wildman–Crippen MR) is 106 cm³/mol. The van der Waals surface area contributed by atoms with Gasteiger partial charge in [-0.25, -0.2) is 14.2 Å². The molecule has 0 radical (unpaired) electrons. The highest BCUT2D eigenvalue weighted by molar-refractivity contribution is 7.81. The zero-order valence-corrected chi connectivity index (χ0v) is 16.0. The molecule has 0 atom stereocenters. The van der Waals surface area contributed by atoms with Gasteiger partial charge in [-0.05, 0) is 31.0 Å². The van der Waals surface area contributed by atoms with Crippen molar-refractivity contribution in [2.24, 2.45) is 0 Å². The fraction of sp³-hybridized carbons (Fsp3) is 0.333. The van der Waals surface area contributed by atoms with Crippen molar-refractivity contribution in [2.75, 3.05) is 31.2 Å². The molecule has 1 fully saturated rings. The van der Waals surface area contributed by atoms with E-state index in [1.807, 2.05) is 0 Å². The monoisotopic (exact) mass is 405 g/mol. The predicted octanol–water partition coefficient (Wildman–Crippen LogP) is 2.53. The van der Waals surface area contributed by atoms with Crippen LogP contribution in [0.1, 0.15) is 24.0 Å². The molecule has 4 N–H and O–H groups in total. The lowest BCUT2D eigenvalue weighted by molar-refractivity contribution is 0.133. The Morgan fingerprint density at radius 2 is 2.11 bits per heavy atom. The average molecular weight is 405 g/mol. The number of nitrogens with one attached hydrogen (secondary N) is 1. The Labute approximate surface area is 166 Å². The highest BCUT2D eigenvalue weighted by Gasteiger charge is 2.23. The van der Waals surface area contributed by atoms with Gasteiger partial charge in [-0.1, -0.05) is 12.2 Å². The van der Waals surface area contributed by atoms with Crippen molar-refractivity contribution in [2.45, 2.75) is 18.9 Å². The molecule has 8 nitrogen and oxygen atoms in total.